The molecule has 1 N–H and O–H groups in total. The summed E-state index contributed by atoms with van der Waals surface area (Å²) in [6.07, 6.45) is 4.65. The van der Waals surface area contributed by atoms with Gasteiger partial charge in [0.1, 0.15) is 0 Å². The number of nitrogens with one attached hydrogen (secondary N) is 1. The predicted molar refractivity (Wildman–Crippen MR) is 73.7 cm³/mol. The number of benzene rings is 1. The minimum atomic E-state index is -3.26. The summed E-state index contributed by atoms with van der Waals surface area (Å²) in [4.78, 5) is 0. The lowest BCUT2D eigenvalue weighted by Gasteiger charge is -2.06. The smallest absolute Gasteiger partial charge is 0.215 e. The van der Waals surface area contributed by atoms with Gasteiger partial charge in [0.2, 0.25) is 10.0 Å². The fourth-order valence-electron chi connectivity index (χ4n) is 1.97. The van der Waals surface area contributed by atoms with Crippen LogP contribution in [-0.4, -0.2) is 15.0 Å². The minimum absolute atomic E-state index is 0.0257. The Hall–Kier alpha value is -1.38. The van der Waals surface area contributed by atoms with Crippen molar-refractivity contribution in [2.75, 3.05) is 6.54 Å². The van der Waals surface area contributed by atoms with Crippen LogP contribution in [0.4, 0.5) is 0 Å². The van der Waals surface area contributed by atoms with Crippen molar-refractivity contribution in [3.63, 3.8) is 0 Å². The molecule has 0 saturated heterocycles. The number of hydrogen-bond acceptors (Lipinski definition) is 3. The molecule has 0 aromatic heterocycles. The van der Waals surface area contributed by atoms with Crippen LogP contribution in [0.5, 0.6) is 0 Å². The van der Waals surface area contributed by atoms with Crippen LogP contribution in [0.2, 0.25) is 0 Å². The van der Waals surface area contributed by atoms with Gasteiger partial charge in [0.25, 0.3) is 0 Å². The van der Waals surface area contributed by atoms with Crippen LogP contribution in [0.25, 0.3) is 0 Å². The van der Waals surface area contributed by atoms with Gasteiger partial charge in [-0.2, -0.15) is 5.26 Å². The summed E-state index contributed by atoms with van der Waals surface area (Å²) in [6.45, 7) is 0.523. The molecule has 102 valence electrons. The zero-order valence-corrected chi connectivity index (χ0v) is 11.6. The van der Waals surface area contributed by atoms with Gasteiger partial charge in [0, 0.05) is 6.54 Å². The zero-order chi connectivity index (χ0) is 13.7. The summed E-state index contributed by atoms with van der Waals surface area (Å²) < 4.78 is 26.3. The Morgan fingerprint density at radius 1 is 1.26 bits per heavy atom. The van der Waals surface area contributed by atoms with Crippen molar-refractivity contribution in [1.29, 1.82) is 5.26 Å². The average Bonchev–Trinajstić information content (AvgIpc) is 3.19. The second-order valence-corrected chi connectivity index (χ2v) is 6.85. The second kappa shape index (κ2) is 6.18. The molecule has 2 rings (SSSR count). The third-order valence-corrected chi connectivity index (χ3v) is 4.61. The number of nitriles is 1. The molecule has 1 fully saturated rings. The molecule has 0 radical (unpaired) electrons. The third-order valence-electron chi connectivity index (χ3n) is 3.25. The van der Waals surface area contributed by atoms with Gasteiger partial charge in [-0.05, 0) is 36.5 Å². The highest BCUT2D eigenvalue weighted by Gasteiger charge is 2.20. The molecule has 0 heterocycles. The Morgan fingerprint density at radius 3 is 2.53 bits per heavy atom. The van der Waals surface area contributed by atoms with Gasteiger partial charge in [-0.25, -0.2) is 13.1 Å². The van der Waals surface area contributed by atoms with Gasteiger partial charge in [-0.15, -0.1) is 0 Å². The highest BCUT2D eigenvalue weighted by atomic mass is 32.2. The molecule has 5 heteroatoms. The van der Waals surface area contributed by atoms with Crippen LogP contribution in [0, 0.1) is 17.2 Å². The van der Waals surface area contributed by atoms with E-state index in [9.17, 15) is 8.42 Å². The molecule has 1 saturated carbocycles. The molecule has 19 heavy (non-hydrogen) atoms. The first-order chi connectivity index (χ1) is 9.09. The number of nitrogens with zero attached hydrogens (tertiary/aromatic N) is 1. The fourth-order valence-corrected chi connectivity index (χ4v) is 3.16. The number of hydrogen-bond donors (Lipinski definition) is 1. The molecule has 1 aliphatic rings. The van der Waals surface area contributed by atoms with Crippen LogP contribution in [0.15, 0.2) is 24.3 Å². The minimum Gasteiger partial charge on any atom is -0.215 e. The Bertz CT molecular complexity index is 554. The zero-order valence-electron chi connectivity index (χ0n) is 10.8. The monoisotopic (exact) mass is 278 g/mol. The van der Waals surface area contributed by atoms with Crippen molar-refractivity contribution >= 4 is 10.0 Å². The van der Waals surface area contributed by atoms with Gasteiger partial charge in [-0.3, -0.25) is 0 Å². The maximum absolute atomic E-state index is 11.8. The Kier molecular flexibility index (Phi) is 4.56. The Morgan fingerprint density at radius 2 is 1.95 bits per heavy atom. The SMILES string of the molecule is N#Cc1ccc(CS(=O)(=O)NCCCC2CC2)cc1. The molecule has 0 aliphatic heterocycles. The van der Waals surface area contributed by atoms with E-state index in [0.29, 0.717) is 17.7 Å². The van der Waals surface area contributed by atoms with Crippen LogP contribution < -0.4 is 4.72 Å². The van der Waals surface area contributed by atoms with E-state index in [2.05, 4.69) is 4.72 Å². The van der Waals surface area contributed by atoms with E-state index in [1.54, 1.807) is 24.3 Å². The van der Waals surface area contributed by atoms with Crippen molar-refractivity contribution in [1.82, 2.24) is 4.72 Å². The molecule has 0 atom stereocenters. The summed E-state index contributed by atoms with van der Waals surface area (Å²) in [5.41, 5.74) is 1.24. The lowest BCUT2D eigenvalue weighted by Crippen LogP contribution is -2.26. The third kappa shape index (κ3) is 5.01. The summed E-state index contributed by atoms with van der Waals surface area (Å²) >= 11 is 0. The molecule has 1 aromatic carbocycles. The van der Waals surface area contributed by atoms with Crippen LogP contribution in [-0.2, 0) is 15.8 Å². The lowest BCUT2D eigenvalue weighted by molar-refractivity contribution is 0.572. The van der Waals surface area contributed by atoms with E-state index in [1.807, 2.05) is 6.07 Å². The van der Waals surface area contributed by atoms with Crippen molar-refractivity contribution in [2.24, 2.45) is 5.92 Å². The van der Waals surface area contributed by atoms with Gasteiger partial charge in [0.15, 0.2) is 0 Å². The van der Waals surface area contributed by atoms with E-state index in [0.717, 1.165) is 18.8 Å². The summed E-state index contributed by atoms with van der Waals surface area (Å²) in [5.74, 6) is 0.810. The molecule has 1 aromatic rings. The van der Waals surface area contributed by atoms with Crippen LogP contribution in [0.3, 0.4) is 0 Å². The Balaban J connectivity index is 1.79. The average molecular weight is 278 g/mol. The van der Waals surface area contributed by atoms with Crippen molar-refractivity contribution in [2.45, 2.75) is 31.4 Å². The first kappa shape index (κ1) is 14.0. The van der Waals surface area contributed by atoms with Gasteiger partial charge < -0.3 is 0 Å². The van der Waals surface area contributed by atoms with E-state index >= 15 is 0 Å². The van der Waals surface area contributed by atoms with Gasteiger partial charge >= 0.3 is 0 Å². The molecule has 0 bridgehead atoms. The largest absolute Gasteiger partial charge is 0.215 e. The maximum Gasteiger partial charge on any atom is 0.215 e. The fraction of sp³-hybridized carbons (Fsp3) is 0.500. The Labute approximate surface area is 114 Å². The second-order valence-electron chi connectivity index (χ2n) is 5.05. The van der Waals surface area contributed by atoms with E-state index in [4.69, 9.17) is 5.26 Å². The summed E-state index contributed by atoms with van der Waals surface area (Å²) in [6, 6.07) is 8.65. The van der Waals surface area contributed by atoms with Crippen LogP contribution >= 0.6 is 0 Å². The summed E-state index contributed by atoms with van der Waals surface area (Å²) in [5, 5.41) is 8.67. The maximum atomic E-state index is 11.8. The first-order valence-electron chi connectivity index (χ1n) is 6.55. The molecule has 1 aliphatic carbocycles. The van der Waals surface area contributed by atoms with Crippen molar-refractivity contribution in [3.8, 4) is 6.07 Å². The predicted octanol–water partition coefficient (Wildman–Crippen LogP) is 2.17. The number of rotatable bonds is 7. The van der Waals surface area contributed by atoms with Crippen LogP contribution in [0.1, 0.15) is 36.8 Å². The highest BCUT2D eigenvalue weighted by Crippen LogP contribution is 2.33. The molecule has 0 spiro atoms. The summed E-state index contributed by atoms with van der Waals surface area (Å²) in [7, 11) is -3.26. The molecular weight excluding hydrogens is 260 g/mol. The highest BCUT2D eigenvalue weighted by molar-refractivity contribution is 7.88. The molecule has 0 unspecified atom stereocenters. The normalized spacial score (nSPS) is 15.1. The quantitative estimate of drug-likeness (QED) is 0.777. The topological polar surface area (TPSA) is 70.0 Å². The van der Waals surface area contributed by atoms with Gasteiger partial charge in [0.05, 0.1) is 17.4 Å². The lowest BCUT2D eigenvalue weighted by atomic mass is 10.2. The number of sulfonamides is 1. The molecule has 4 nitrogen and oxygen atoms in total. The van der Waals surface area contributed by atoms with E-state index < -0.39 is 10.0 Å². The van der Waals surface area contributed by atoms with Crippen molar-refractivity contribution < 1.29 is 8.42 Å². The van der Waals surface area contributed by atoms with E-state index in [1.165, 1.54) is 12.8 Å². The first-order valence-corrected chi connectivity index (χ1v) is 8.21. The van der Waals surface area contributed by atoms with Gasteiger partial charge in [-0.1, -0.05) is 25.0 Å². The van der Waals surface area contributed by atoms with E-state index in [-0.39, 0.29) is 5.75 Å². The standard InChI is InChI=1S/C14H18N2O2S/c15-10-13-5-7-14(8-6-13)11-19(17,18)16-9-1-2-12-3-4-12/h5-8,12,16H,1-4,9,11H2. The molecule has 0 amide bonds. The van der Waals surface area contributed by atoms with Crippen molar-refractivity contribution in [3.05, 3.63) is 35.4 Å². The molecular formula is C14H18N2O2S.